The number of nitrogens with zero attached hydrogens (tertiary/aromatic N) is 1. The molecule has 1 N–H and O–H groups in total. The maximum absolute atomic E-state index is 13.5. The summed E-state index contributed by atoms with van der Waals surface area (Å²) >= 11 is 0.971. The second kappa shape index (κ2) is 5.76. The van der Waals surface area contributed by atoms with E-state index in [9.17, 15) is 18.0 Å². The van der Waals surface area contributed by atoms with Crippen LogP contribution in [0.25, 0.3) is 10.2 Å². The Bertz CT molecular complexity index is 863. The van der Waals surface area contributed by atoms with Crippen molar-refractivity contribution in [3.05, 3.63) is 59.4 Å². The van der Waals surface area contributed by atoms with Crippen LogP contribution in [0, 0.1) is 17.5 Å². The van der Waals surface area contributed by atoms with E-state index in [4.69, 9.17) is 0 Å². The molecule has 0 aliphatic rings. The summed E-state index contributed by atoms with van der Waals surface area (Å²) in [6.07, 6.45) is -0.0372. The topological polar surface area (TPSA) is 42.0 Å². The van der Waals surface area contributed by atoms with E-state index in [1.165, 1.54) is 18.2 Å². The molecular weight excluding hydrogens is 313 g/mol. The molecule has 0 radical (unpaired) electrons. The molecule has 3 nitrogen and oxygen atoms in total. The van der Waals surface area contributed by atoms with Crippen molar-refractivity contribution < 1.29 is 18.0 Å². The van der Waals surface area contributed by atoms with Crippen LogP contribution in [0.1, 0.15) is 5.56 Å². The third-order valence-electron chi connectivity index (χ3n) is 2.91. The summed E-state index contributed by atoms with van der Waals surface area (Å²) in [7, 11) is 0. The molecule has 1 aromatic heterocycles. The Morgan fingerprint density at radius 2 is 1.95 bits per heavy atom. The quantitative estimate of drug-likeness (QED) is 0.795. The number of carbonyl (C=O) groups is 1. The zero-order valence-electron chi connectivity index (χ0n) is 11.1. The Balaban J connectivity index is 1.78. The molecule has 0 fully saturated rings. The molecule has 0 atom stereocenters. The number of amides is 1. The first kappa shape index (κ1) is 14.5. The van der Waals surface area contributed by atoms with E-state index >= 15 is 0 Å². The average Bonchev–Trinajstić information content (AvgIpc) is 2.81. The Kier molecular flexibility index (Phi) is 3.81. The van der Waals surface area contributed by atoms with E-state index in [1.807, 2.05) is 0 Å². The zero-order chi connectivity index (χ0) is 15.7. The van der Waals surface area contributed by atoms with Gasteiger partial charge in [0.15, 0.2) is 10.9 Å². The molecule has 7 heteroatoms. The maximum Gasteiger partial charge on any atom is 0.230 e. The molecule has 1 amide bonds. The van der Waals surface area contributed by atoms with Crippen molar-refractivity contribution >= 4 is 32.6 Å². The molecule has 0 bridgehead atoms. The molecule has 0 saturated carbocycles. The standard InChI is InChI=1S/C15H9F3N2OS/c16-9-3-1-2-8(4-9)5-13(21)19-15-20-14-11(18)6-10(17)7-12(14)22-15/h1-4,6-7H,5H2,(H,19,20,21). The lowest BCUT2D eigenvalue weighted by atomic mass is 10.1. The largest absolute Gasteiger partial charge is 0.302 e. The summed E-state index contributed by atoms with van der Waals surface area (Å²) < 4.78 is 40.0. The van der Waals surface area contributed by atoms with E-state index < -0.39 is 23.4 Å². The van der Waals surface area contributed by atoms with Crippen LogP contribution in [-0.4, -0.2) is 10.9 Å². The number of hydrogen-bond acceptors (Lipinski definition) is 3. The molecule has 0 aliphatic carbocycles. The molecule has 2 aromatic carbocycles. The molecule has 1 heterocycles. The Hall–Kier alpha value is -2.41. The van der Waals surface area contributed by atoms with Crippen LogP contribution >= 0.6 is 11.3 Å². The number of halogens is 3. The monoisotopic (exact) mass is 322 g/mol. The number of thiazole rings is 1. The normalized spacial score (nSPS) is 10.9. The van der Waals surface area contributed by atoms with Crippen LogP contribution in [0.5, 0.6) is 0 Å². The van der Waals surface area contributed by atoms with Crippen molar-refractivity contribution in [3.8, 4) is 0 Å². The molecule has 0 spiro atoms. The number of carbonyl (C=O) groups excluding carboxylic acids is 1. The van der Waals surface area contributed by atoms with E-state index in [1.54, 1.807) is 6.07 Å². The Morgan fingerprint density at radius 3 is 2.73 bits per heavy atom. The maximum atomic E-state index is 13.5. The number of hydrogen-bond donors (Lipinski definition) is 1. The summed E-state index contributed by atoms with van der Waals surface area (Å²) in [5.41, 5.74) is 0.517. The highest BCUT2D eigenvalue weighted by molar-refractivity contribution is 7.22. The van der Waals surface area contributed by atoms with Gasteiger partial charge in [0.25, 0.3) is 0 Å². The van der Waals surface area contributed by atoms with Crippen molar-refractivity contribution in [2.24, 2.45) is 0 Å². The van der Waals surface area contributed by atoms with E-state index in [0.29, 0.717) is 10.3 Å². The Morgan fingerprint density at radius 1 is 1.14 bits per heavy atom. The first-order valence-electron chi connectivity index (χ1n) is 6.31. The minimum absolute atomic E-state index is 0.00690. The molecule has 112 valence electrons. The van der Waals surface area contributed by atoms with Crippen LogP contribution < -0.4 is 5.32 Å². The van der Waals surface area contributed by atoms with Gasteiger partial charge in [0.2, 0.25) is 5.91 Å². The summed E-state index contributed by atoms with van der Waals surface area (Å²) in [4.78, 5) is 15.8. The fourth-order valence-electron chi connectivity index (χ4n) is 2.01. The molecule has 3 aromatic rings. The SMILES string of the molecule is O=C(Cc1cccc(F)c1)Nc1nc2c(F)cc(F)cc2s1. The van der Waals surface area contributed by atoms with E-state index in [0.717, 1.165) is 23.5 Å². The highest BCUT2D eigenvalue weighted by Gasteiger charge is 2.13. The van der Waals surface area contributed by atoms with Gasteiger partial charge >= 0.3 is 0 Å². The van der Waals surface area contributed by atoms with Crippen LogP contribution in [0.4, 0.5) is 18.3 Å². The van der Waals surface area contributed by atoms with Gasteiger partial charge in [-0.25, -0.2) is 18.2 Å². The number of nitrogens with one attached hydrogen (secondary N) is 1. The van der Waals surface area contributed by atoms with Gasteiger partial charge in [-0.2, -0.15) is 0 Å². The van der Waals surface area contributed by atoms with E-state index in [-0.39, 0.29) is 17.1 Å². The molecule has 0 aliphatic heterocycles. The number of fused-ring (bicyclic) bond motifs is 1. The van der Waals surface area contributed by atoms with Crippen LogP contribution in [0.2, 0.25) is 0 Å². The average molecular weight is 322 g/mol. The summed E-state index contributed by atoms with van der Waals surface area (Å²) in [6, 6.07) is 7.56. The highest BCUT2D eigenvalue weighted by atomic mass is 32.1. The second-order valence-electron chi connectivity index (χ2n) is 4.61. The van der Waals surface area contributed by atoms with Crippen LogP contribution in [-0.2, 0) is 11.2 Å². The summed E-state index contributed by atoms with van der Waals surface area (Å²) in [5, 5.41) is 2.67. The third kappa shape index (κ3) is 3.09. The smallest absolute Gasteiger partial charge is 0.230 e. The van der Waals surface area contributed by atoms with Crippen molar-refractivity contribution in [3.63, 3.8) is 0 Å². The molecular formula is C15H9F3N2OS. The number of rotatable bonds is 3. The van der Waals surface area contributed by atoms with Gasteiger partial charge in [-0.15, -0.1) is 0 Å². The van der Waals surface area contributed by atoms with Gasteiger partial charge in [-0.3, -0.25) is 4.79 Å². The van der Waals surface area contributed by atoms with Crippen LogP contribution in [0.15, 0.2) is 36.4 Å². The fourth-order valence-corrected chi connectivity index (χ4v) is 2.93. The first-order chi connectivity index (χ1) is 10.5. The Labute approximate surface area is 127 Å². The van der Waals surface area contributed by atoms with Crippen molar-refractivity contribution in [1.29, 1.82) is 0 Å². The zero-order valence-corrected chi connectivity index (χ0v) is 11.9. The van der Waals surface area contributed by atoms with Gasteiger partial charge in [0.05, 0.1) is 11.1 Å². The molecule has 22 heavy (non-hydrogen) atoms. The predicted octanol–water partition coefficient (Wildman–Crippen LogP) is 3.89. The van der Waals surface area contributed by atoms with E-state index in [2.05, 4.69) is 10.3 Å². The molecule has 0 saturated heterocycles. The summed E-state index contributed by atoms with van der Waals surface area (Å²) in [5.74, 6) is -2.32. The predicted molar refractivity (Wildman–Crippen MR) is 78.3 cm³/mol. The van der Waals surface area contributed by atoms with Gasteiger partial charge in [-0.1, -0.05) is 23.5 Å². The minimum atomic E-state index is -0.781. The number of anilines is 1. The highest BCUT2D eigenvalue weighted by Crippen LogP contribution is 2.28. The van der Waals surface area contributed by atoms with Crippen molar-refractivity contribution in [2.45, 2.75) is 6.42 Å². The van der Waals surface area contributed by atoms with Crippen molar-refractivity contribution in [1.82, 2.24) is 4.98 Å². The first-order valence-corrected chi connectivity index (χ1v) is 7.13. The fraction of sp³-hybridized carbons (Fsp3) is 0.0667. The third-order valence-corrected chi connectivity index (χ3v) is 3.83. The van der Waals surface area contributed by atoms with Gasteiger partial charge < -0.3 is 5.32 Å². The lowest BCUT2D eigenvalue weighted by Crippen LogP contribution is -2.14. The minimum Gasteiger partial charge on any atom is -0.302 e. The molecule has 3 rings (SSSR count). The van der Waals surface area contributed by atoms with Crippen molar-refractivity contribution in [2.75, 3.05) is 5.32 Å². The lowest BCUT2D eigenvalue weighted by Gasteiger charge is -2.01. The number of benzene rings is 2. The van der Waals surface area contributed by atoms with Gasteiger partial charge in [0, 0.05) is 6.07 Å². The lowest BCUT2D eigenvalue weighted by molar-refractivity contribution is -0.115. The second-order valence-corrected chi connectivity index (χ2v) is 5.64. The number of aromatic nitrogens is 1. The summed E-state index contributed by atoms with van der Waals surface area (Å²) in [6.45, 7) is 0. The van der Waals surface area contributed by atoms with Gasteiger partial charge in [0.1, 0.15) is 17.2 Å². The van der Waals surface area contributed by atoms with Gasteiger partial charge in [-0.05, 0) is 23.8 Å². The van der Waals surface area contributed by atoms with Crippen LogP contribution in [0.3, 0.4) is 0 Å². The molecule has 0 unspecified atom stereocenters.